The van der Waals surface area contributed by atoms with Crippen LogP contribution in [0.15, 0.2) is 66.7 Å². The van der Waals surface area contributed by atoms with E-state index in [0.29, 0.717) is 22.6 Å². The fourth-order valence-corrected chi connectivity index (χ4v) is 3.81. The molecule has 0 radical (unpaired) electrons. The van der Waals surface area contributed by atoms with Crippen molar-refractivity contribution in [2.75, 3.05) is 5.32 Å². The molecule has 1 atom stereocenters. The van der Waals surface area contributed by atoms with Gasteiger partial charge in [-0.05, 0) is 35.4 Å². The first kappa shape index (κ1) is 16.7. The lowest BCUT2D eigenvalue weighted by molar-refractivity contribution is -0.110. The summed E-state index contributed by atoms with van der Waals surface area (Å²) in [5.74, 6) is -0.307. The van der Waals surface area contributed by atoms with Crippen LogP contribution in [0, 0.1) is 5.82 Å². The summed E-state index contributed by atoms with van der Waals surface area (Å²) < 4.78 is 20.1. The molecule has 1 unspecified atom stereocenters. The van der Waals surface area contributed by atoms with Gasteiger partial charge in [-0.1, -0.05) is 42.5 Å². The van der Waals surface area contributed by atoms with E-state index in [2.05, 4.69) is 5.32 Å². The third kappa shape index (κ3) is 2.52. The Labute approximate surface area is 160 Å². The first-order valence-electron chi connectivity index (χ1n) is 8.97. The van der Waals surface area contributed by atoms with Crippen LogP contribution in [-0.2, 0) is 16.1 Å². The van der Waals surface area contributed by atoms with Gasteiger partial charge < -0.3 is 15.2 Å². The van der Waals surface area contributed by atoms with E-state index in [-0.39, 0.29) is 12.5 Å². The summed E-state index contributed by atoms with van der Waals surface area (Å²) in [6.45, 7) is -0.0881. The molecule has 3 aromatic carbocycles. The van der Waals surface area contributed by atoms with E-state index in [9.17, 15) is 14.3 Å². The van der Waals surface area contributed by atoms with E-state index in [0.717, 1.165) is 22.3 Å². The van der Waals surface area contributed by atoms with Crippen LogP contribution < -0.4 is 5.32 Å². The van der Waals surface area contributed by atoms with E-state index in [1.54, 1.807) is 12.1 Å². The average Bonchev–Trinajstić information content (AvgIpc) is 3.24. The molecular weight excluding hydrogens is 357 g/mol. The molecule has 138 valence electrons. The fraction of sp³-hybridized carbons (Fsp3) is 0.0870. The topological polar surface area (TPSA) is 58.6 Å². The smallest absolute Gasteiger partial charge is 0.260 e. The lowest BCUT2D eigenvalue weighted by Gasteiger charge is -2.13. The molecule has 28 heavy (non-hydrogen) atoms. The zero-order valence-electron chi connectivity index (χ0n) is 14.8. The number of rotatable bonds is 2. The number of benzene rings is 3. The summed E-state index contributed by atoms with van der Waals surface area (Å²) in [6.07, 6.45) is -0.407. The SMILES string of the molecule is O=C1Nc2ccc(F)cc2/C1=C1\OC(c2ccccc2)c2cc(CO)ccc21. The number of carbonyl (C=O) groups excluding carboxylic acids is 1. The van der Waals surface area contributed by atoms with Gasteiger partial charge in [-0.15, -0.1) is 0 Å². The first-order chi connectivity index (χ1) is 13.7. The summed E-state index contributed by atoms with van der Waals surface area (Å²) >= 11 is 0. The quantitative estimate of drug-likeness (QED) is 0.660. The Bertz CT molecular complexity index is 1140. The van der Waals surface area contributed by atoms with Gasteiger partial charge in [0.05, 0.1) is 12.2 Å². The number of nitrogens with one attached hydrogen (secondary N) is 1. The third-order valence-corrected chi connectivity index (χ3v) is 5.12. The summed E-state index contributed by atoms with van der Waals surface area (Å²) in [5, 5.41) is 12.3. The summed E-state index contributed by atoms with van der Waals surface area (Å²) in [7, 11) is 0. The van der Waals surface area contributed by atoms with Gasteiger partial charge in [-0.3, -0.25) is 4.79 Å². The number of aliphatic hydroxyl groups excluding tert-OH is 1. The minimum atomic E-state index is -0.415. The van der Waals surface area contributed by atoms with Gasteiger partial charge in [0.1, 0.15) is 17.7 Å². The molecule has 5 heteroatoms. The van der Waals surface area contributed by atoms with E-state index < -0.39 is 11.9 Å². The number of ether oxygens (including phenoxy) is 1. The van der Waals surface area contributed by atoms with Crippen LogP contribution in [0.5, 0.6) is 0 Å². The molecule has 2 aliphatic rings. The Morgan fingerprint density at radius 3 is 2.61 bits per heavy atom. The molecule has 5 rings (SSSR count). The van der Waals surface area contributed by atoms with E-state index in [4.69, 9.17) is 4.74 Å². The Morgan fingerprint density at radius 2 is 1.82 bits per heavy atom. The minimum Gasteiger partial charge on any atom is -0.479 e. The zero-order chi connectivity index (χ0) is 19.3. The number of aliphatic hydroxyl groups is 1. The molecule has 0 saturated heterocycles. The molecule has 0 bridgehead atoms. The van der Waals surface area contributed by atoms with Crippen LogP contribution in [0.2, 0.25) is 0 Å². The van der Waals surface area contributed by atoms with Gasteiger partial charge in [-0.25, -0.2) is 4.39 Å². The normalized spacial score (nSPS) is 19.8. The van der Waals surface area contributed by atoms with Crippen molar-refractivity contribution >= 4 is 22.9 Å². The number of amides is 1. The number of carbonyl (C=O) groups is 1. The molecule has 0 fully saturated rings. The van der Waals surface area contributed by atoms with E-state index in [1.807, 2.05) is 42.5 Å². The molecule has 4 nitrogen and oxygen atoms in total. The zero-order valence-corrected chi connectivity index (χ0v) is 14.8. The average molecular weight is 373 g/mol. The molecule has 0 aromatic heterocycles. The first-order valence-corrected chi connectivity index (χ1v) is 8.97. The van der Waals surface area contributed by atoms with Crippen LogP contribution in [-0.4, -0.2) is 11.0 Å². The van der Waals surface area contributed by atoms with E-state index in [1.165, 1.54) is 12.1 Å². The fourth-order valence-electron chi connectivity index (χ4n) is 3.81. The molecule has 0 saturated carbocycles. The van der Waals surface area contributed by atoms with Crippen molar-refractivity contribution in [3.05, 3.63) is 100 Å². The number of hydrogen-bond donors (Lipinski definition) is 2. The second-order valence-corrected chi connectivity index (χ2v) is 6.84. The maximum absolute atomic E-state index is 13.9. The van der Waals surface area contributed by atoms with Gasteiger partial charge in [0.15, 0.2) is 0 Å². The lowest BCUT2D eigenvalue weighted by atomic mass is 9.95. The van der Waals surface area contributed by atoms with Crippen molar-refractivity contribution < 1.29 is 19.0 Å². The number of hydrogen-bond acceptors (Lipinski definition) is 3. The lowest BCUT2D eigenvalue weighted by Crippen LogP contribution is -2.06. The van der Waals surface area contributed by atoms with Crippen molar-refractivity contribution in [1.29, 1.82) is 0 Å². The molecule has 1 amide bonds. The molecule has 2 N–H and O–H groups in total. The van der Waals surface area contributed by atoms with Crippen molar-refractivity contribution in [3.63, 3.8) is 0 Å². The van der Waals surface area contributed by atoms with Crippen molar-refractivity contribution in [3.8, 4) is 0 Å². The van der Waals surface area contributed by atoms with Gasteiger partial charge in [0, 0.05) is 22.4 Å². The Morgan fingerprint density at radius 1 is 1.00 bits per heavy atom. The highest BCUT2D eigenvalue weighted by Crippen LogP contribution is 2.48. The maximum Gasteiger partial charge on any atom is 0.260 e. The van der Waals surface area contributed by atoms with E-state index >= 15 is 0 Å². The van der Waals surface area contributed by atoms with Crippen LogP contribution in [0.3, 0.4) is 0 Å². The Balaban J connectivity index is 1.74. The number of halogens is 1. The molecule has 0 aliphatic carbocycles. The highest BCUT2D eigenvalue weighted by Gasteiger charge is 2.37. The Kier molecular flexibility index (Phi) is 3.77. The van der Waals surface area contributed by atoms with Gasteiger partial charge >= 0.3 is 0 Å². The second kappa shape index (κ2) is 6.32. The summed E-state index contributed by atoms with van der Waals surface area (Å²) in [5.41, 5.74) is 4.72. The Hall–Kier alpha value is -3.44. The van der Waals surface area contributed by atoms with Crippen molar-refractivity contribution in [2.24, 2.45) is 0 Å². The van der Waals surface area contributed by atoms with Crippen molar-refractivity contribution in [2.45, 2.75) is 12.7 Å². The van der Waals surface area contributed by atoms with Gasteiger partial charge in [0.25, 0.3) is 5.91 Å². The van der Waals surface area contributed by atoms with Crippen molar-refractivity contribution in [1.82, 2.24) is 0 Å². The standard InChI is InChI=1S/C23H16FNO3/c24-15-7-9-19-18(11-15)20(23(27)25-19)22-16-8-6-13(12-26)10-17(16)21(28-22)14-4-2-1-3-5-14/h1-11,21,26H,12H2,(H,25,27)/b22-20+. The predicted octanol–water partition coefficient (Wildman–Crippen LogP) is 4.26. The largest absolute Gasteiger partial charge is 0.479 e. The van der Waals surface area contributed by atoms with Crippen LogP contribution >= 0.6 is 0 Å². The summed E-state index contributed by atoms with van der Waals surface area (Å²) in [6, 6.07) is 19.4. The third-order valence-electron chi connectivity index (χ3n) is 5.12. The van der Waals surface area contributed by atoms with Gasteiger partial charge in [-0.2, -0.15) is 0 Å². The number of fused-ring (bicyclic) bond motifs is 2. The second-order valence-electron chi connectivity index (χ2n) is 6.84. The maximum atomic E-state index is 13.9. The highest BCUT2D eigenvalue weighted by molar-refractivity contribution is 6.36. The minimum absolute atomic E-state index is 0.0881. The molecule has 2 aliphatic heterocycles. The summed E-state index contributed by atoms with van der Waals surface area (Å²) in [4.78, 5) is 12.7. The highest BCUT2D eigenvalue weighted by atomic mass is 19.1. The van der Waals surface area contributed by atoms with Gasteiger partial charge in [0.2, 0.25) is 0 Å². The molecular formula is C23H16FNO3. The van der Waals surface area contributed by atoms with Crippen LogP contribution in [0.1, 0.15) is 33.9 Å². The van der Waals surface area contributed by atoms with Crippen LogP contribution in [0.25, 0.3) is 11.3 Å². The number of anilines is 1. The predicted molar refractivity (Wildman–Crippen MR) is 104 cm³/mol. The molecule has 0 spiro atoms. The van der Waals surface area contributed by atoms with Crippen LogP contribution in [0.4, 0.5) is 10.1 Å². The molecule has 3 aromatic rings. The monoisotopic (exact) mass is 373 g/mol. The molecule has 2 heterocycles.